The van der Waals surface area contributed by atoms with E-state index in [4.69, 9.17) is 14.9 Å². The maximum absolute atomic E-state index is 7.45. The third-order valence-electron chi connectivity index (χ3n) is 3.73. The molecule has 1 saturated heterocycles. The highest BCUT2D eigenvalue weighted by Crippen LogP contribution is 2.22. The van der Waals surface area contributed by atoms with Crippen molar-refractivity contribution in [2.75, 3.05) is 26.3 Å². The van der Waals surface area contributed by atoms with E-state index in [0.29, 0.717) is 12.5 Å². The zero-order valence-electron chi connectivity index (χ0n) is 13.4. The van der Waals surface area contributed by atoms with Crippen LogP contribution in [0, 0.1) is 11.3 Å². The molecule has 5 heteroatoms. The van der Waals surface area contributed by atoms with Crippen LogP contribution < -0.4 is 10.1 Å². The Hall–Kier alpha value is -1.10. The molecule has 4 nitrogen and oxygen atoms in total. The van der Waals surface area contributed by atoms with Crippen molar-refractivity contribution >= 4 is 18.1 Å². The van der Waals surface area contributed by atoms with E-state index in [9.17, 15) is 0 Å². The third kappa shape index (κ3) is 6.34. The Morgan fingerprint density at radius 3 is 2.73 bits per heavy atom. The summed E-state index contributed by atoms with van der Waals surface area (Å²) in [6.07, 6.45) is 2.02. The Morgan fingerprint density at radius 1 is 1.41 bits per heavy atom. The predicted molar refractivity (Wildman–Crippen MR) is 92.5 cm³/mol. The van der Waals surface area contributed by atoms with Crippen LogP contribution in [0.2, 0.25) is 0 Å². The van der Waals surface area contributed by atoms with Crippen LogP contribution in [-0.4, -0.2) is 32.0 Å². The van der Waals surface area contributed by atoms with Crippen LogP contribution >= 0.6 is 12.4 Å². The molecule has 2 rings (SSSR count). The van der Waals surface area contributed by atoms with Crippen LogP contribution in [0.1, 0.15) is 38.4 Å². The topological polar surface area (TPSA) is 54.3 Å². The highest BCUT2D eigenvalue weighted by atomic mass is 35.5. The fourth-order valence-electron chi connectivity index (χ4n) is 2.34. The van der Waals surface area contributed by atoms with E-state index in [1.807, 2.05) is 19.1 Å². The zero-order valence-corrected chi connectivity index (χ0v) is 14.2. The number of morpholine rings is 1. The summed E-state index contributed by atoms with van der Waals surface area (Å²) in [7, 11) is 0. The van der Waals surface area contributed by atoms with Crippen molar-refractivity contribution in [3.05, 3.63) is 29.8 Å². The molecule has 2 atom stereocenters. The van der Waals surface area contributed by atoms with Gasteiger partial charge in [0.1, 0.15) is 5.75 Å². The Bertz CT molecular complexity index is 444. The molecule has 22 heavy (non-hydrogen) atoms. The Kier molecular flexibility index (Phi) is 8.46. The molecule has 0 bridgehead atoms. The molecule has 1 aliphatic heterocycles. The van der Waals surface area contributed by atoms with Crippen LogP contribution in [0.4, 0.5) is 0 Å². The number of hydrogen-bond donors (Lipinski definition) is 2. The van der Waals surface area contributed by atoms with Gasteiger partial charge in [-0.15, -0.1) is 12.4 Å². The molecule has 1 aromatic carbocycles. The minimum Gasteiger partial charge on any atom is -0.493 e. The lowest BCUT2D eigenvalue weighted by atomic mass is 10.0. The standard InChI is InChI=1S/C17H26N2O2.ClH/c1-13(3-4-14(2)18)12-21-16-7-5-15(6-8-16)17-11-19-9-10-20-17;/h5-8,13,17-19H,3-4,9-12H2,1-2H3;1H/t13?,17-;/m1./s1. The van der Waals surface area contributed by atoms with E-state index < -0.39 is 0 Å². The van der Waals surface area contributed by atoms with Gasteiger partial charge in [-0.3, -0.25) is 0 Å². The minimum absolute atomic E-state index is 0. The van der Waals surface area contributed by atoms with Gasteiger partial charge in [0.25, 0.3) is 0 Å². The molecule has 0 radical (unpaired) electrons. The molecular formula is C17H27ClN2O2. The van der Waals surface area contributed by atoms with E-state index in [0.717, 1.165) is 44.0 Å². The molecule has 1 fully saturated rings. The molecule has 124 valence electrons. The summed E-state index contributed by atoms with van der Waals surface area (Å²) in [5.74, 6) is 1.37. The first kappa shape index (κ1) is 18.9. The number of nitrogens with one attached hydrogen (secondary N) is 2. The molecule has 2 N–H and O–H groups in total. The smallest absolute Gasteiger partial charge is 0.119 e. The average Bonchev–Trinajstić information content (AvgIpc) is 2.52. The van der Waals surface area contributed by atoms with Crippen LogP contribution in [0.3, 0.4) is 0 Å². The average molecular weight is 327 g/mol. The molecule has 1 aliphatic rings. The largest absolute Gasteiger partial charge is 0.493 e. The van der Waals surface area contributed by atoms with Crippen molar-refractivity contribution in [3.8, 4) is 5.75 Å². The fraction of sp³-hybridized carbons (Fsp3) is 0.588. The summed E-state index contributed by atoms with van der Waals surface area (Å²) in [5.41, 5.74) is 1.94. The second-order valence-corrected chi connectivity index (χ2v) is 5.87. The monoisotopic (exact) mass is 326 g/mol. The van der Waals surface area contributed by atoms with Gasteiger partial charge in [-0.25, -0.2) is 0 Å². The number of ether oxygens (including phenoxy) is 2. The Labute approximate surface area is 139 Å². The van der Waals surface area contributed by atoms with Gasteiger partial charge in [0.2, 0.25) is 0 Å². The Balaban J connectivity index is 0.00000242. The zero-order chi connectivity index (χ0) is 15.1. The van der Waals surface area contributed by atoms with Crippen LogP contribution in [0.25, 0.3) is 0 Å². The van der Waals surface area contributed by atoms with Crippen LogP contribution in [-0.2, 0) is 4.74 Å². The number of hydrogen-bond acceptors (Lipinski definition) is 4. The van der Waals surface area contributed by atoms with Gasteiger partial charge < -0.3 is 20.2 Å². The lowest BCUT2D eigenvalue weighted by Crippen LogP contribution is -2.33. The summed E-state index contributed by atoms with van der Waals surface area (Å²) in [6.45, 7) is 7.30. The van der Waals surface area contributed by atoms with Gasteiger partial charge in [-0.05, 0) is 43.4 Å². The second kappa shape index (κ2) is 9.82. The number of benzene rings is 1. The van der Waals surface area contributed by atoms with Crippen molar-refractivity contribution in [3.63, 3.8) is 0 Å². The SMILES string of the molecule is CC(=N)CCC(C)COc1ccc([C@H]2CNCCO2)cc1.Cl. The highest BCUT2D eigenvalue weighted by Gasteiger charge is 2.15. The van der Waals surface area contributed by atoms with Crippen LogP contribution in [0.15, 0.2) is 24.3 Å². The molecule has 1 aromatic rings. The van der Waals surface area contributed by atoms with E-state index in [1.54, 1.807) is 0 Å². The van der Waals surface area contributed by atoms with Crippen molar-refractivity contribution in [2.24, 2.45) is 5.92 Å². The maximum Gasteiger partial charge on any atom is 0.119 e. The lowest BCUT2D eigenvalue weighted by Gasteiger charge is -2.24. The summed E-state index contributed by atoms with van der Waals surface area (Å²) >= 11 is 0. The van der Waals surface area contributed by atoms with E-state index >= 15 is 0 Å². The second-order valence-electron chi connectivity index (χ2n) is 5.87. The van der Waals surface area contributed by atoms with Crippen molar-refractivity contribution in [2.45, 2.75) is 32.8 Å². The predicted octanol–water partition coefficient (Wildman–Crippen LogP) is 3.60. The highest BCUT2D eigenvalue weighted by molar-refractivity contribution is 5.85. The molecule has 1 unspecified atom stereocenters. The molecule has 1 heterocycles. The minimum atomic E-state index is 0. The number of rotatable bonds is 7. The third-order valence-corrected chi connectivity index (χ3v) is 3.73. The van der Waals surface area contributed by atoms with Gasteiger partial charge in [-0.2, -0.15) is 0 Å². The van der Waals surface area contributed by atoms with Gasteiger partial charge in [0.15, 0.2) is 0 Å². The summed E-state index contributed by atoms with van der Waals surface area (Å²) in [5, 5.41) is 10.8. The maximum atomic E-state index is 7.45. The van der Waals surface area contributed by atoms with Gasteiger partial charge in [0, 0.05) is 18.8 Å². The van der Waals surface area contributed by atoms with E-state index in [1.165, 1.54) is 5.56 Å². The van der Waals surface area contributed by atoms with Crippen molar-refractivity contribution in [1.82, 2.24) is 5.32 Å². The fourth-order valence-corrected chi connectivity index (χ4v) is 2.34. The first-order valence-corrected chi connectivity index (χ1v) is 7.74. The Morgan fingerprint density at radius 2 is 2.14 bits per heavy atom. The lowest BCUT2D eigenvalue weighted by molar-refractivity contribution is 0.0276. The number of halogens is 1. The van der Waals surface area contributed by atoms with Crippen molar-refractivity contribution in [1.29, 1.82) is 5.41 Å². The van der Waals surface area contributed by atoms with Crippen LogP contribution in [0.5, 0.6) is 5.75 Å². The quantitative estimate of drug-likeness (QED) is 0.753. The first-order chi connectivity index (χ1) is 10.1. The summed E-state index contributed by atoms with van der Waals surface area (Å²) in [4.78, 5) is 0. The first-order valence-electron chi connectivity index (χ1n) is 7.74. The molecule has 0 aromatic heterocycles. The van der Waals surface area contributed by atoms with E-state index in [2.05, 4.69) is 24.4 Å². The summed E-state index contributed by atoms with van der Waals surface area (Å²) in [6, 6.07) is 8.20. The van der Waals surface area contributed by atoms with Gasteiger partial charge >= 0.3 is 0 Å². The van der Waals surface area contributed by atoms with Gasteiger partial charge in [-0.1, -0.05) is 19.1 Å². The summed E-state index contributed by atoms with van der Waals surface area (Å²) < 4.78 is 11.5. The molecule has 0 spiro atoms. The molecule has 0 aliphatic carbocycles. The molecule has 0 amide bonds. The normalized spacial score (nSPS) is 19.1. The molecule has 0 saturated carbocycles. The molecular weight excluding hydrogens is 300 g/mol. The van der Waals surface area contributed by atoms with E-state index in [-0.39, 0.29) is 18.5 Å². The van der Waals surface area contributed by atoms with Crippen molar-refractivity contribution < 1.29 is 9.47 Å². The van der Waals surface area contributed by atoms with Gasteiger partial charge in [0.05, 0.1) is 19.3 Å².